The number of ketones is 1. The highest BCUT2D eigenvalue weighted by Gasteiger charge is 2.47. The molecule has 3 amide bonds. The number of fused-ring (bicyclic) bond motifs is 1. The van der Waals surface area contributed by atoms with Crippen molar-refractivity contribution < 1.29 is 29.0 Å². The zero-order valence-electron chi connectivity index (χ0n) is 27.3. The lowest BCUT2D eigenvalue weighted by molar-refractivity contribution is -0.148. The number of nitrogens with two attached hydrogens (primary N) is 1. The van der Waals surface area contributed by atoms with Gasteiger partial charge in [0.15, 0.2) is 17.4 Å². The van der Waals surface area contributed by atoms with E-state index in [-0.39, 0.29) is 12.3 Å². The van der Waals surface area contributed by atoms with Crippen LogP contribution in [0.4, 0.5) is 0 Å². The number of hydrogen-bond acceptors (Lipinski definition) is 7. The molecule has 0 unspecified atom stereocenters. The van der Waals surface area contributed by atoms with E-state index in [9.17, 15) is 24.3 Å². The van der Waals surface area contributed by atoms with Crippen molar-refractivity contribution in [2.45, 2.75) is 83.1 Å². The molecule has 0 radical (unpaired) electrons. The van der Waals surface area contributed by atoms with Crippen LogP contribution < -0.4 is 21.1 Å². The van der Waals surface area contributed by atoms with Crippen LogP contribution in [-0.4, -0.2) is 75.9 Å². The van der Waals surface area contributed by atoms with Crippen LogP contribution in [0.25, 0.3) is 10.8 Å². The molecule has 4 atom stereocenters. The number of carbonyl (C=O) groups is 4. The first-order chi connectivity index (χ1) is 21.7. The van der Waals surface area contributed by atoms with Gasteiger partial charge < -0.3 is 31.1 Å². The third-order valence-electron chi connectivity index (χ3n) is 8.44. The summed E-state index contributed by atoms with van der Waals surface area (Å²) in [7, 11) is 0. The maximum atomic E-state index is 13.9. The third-order valence-corrected chi connectivity index (χ3v) is 8.44. The number of ether oxygens (including phenoxy) is 1. The van der Waals surface area contributed by atoms with Gasteiger partial charge in [-0.3, -0.25) is 19.2 Å². The van der Waals surface area contributed by atoms with Crippen LogP contribution in [-0.2, 0) is 25.6 Å². The van der Waals surface area contributed by atoms with Crippen LogP contribution in [0.3, 0.4) is 0 Å². The molecule has 5 N–H and O–H groups in total. The van der Waals surface area contributed by atoms with Crippen molar-refractivity contribution in [3.8, 4) is 5.75 Å². The second kappa shape index (κ2) is 14.4. The molecule has 4 rings (SSSR count). The quantitative estimate of drug-likeness (QED) is 0.225. The standard InChI is InChI=1S/C36H46N4O6/c1-23(2)36(37,30(41)22-46-29-19-11-16-25-15-9-10-17-26(25)29)34(45)38-27(21-24-13-7-6-8-14-24)31(42)33(44)40-20-12-18-28(40)32(43)39-35(3,4)5/h6-11,13-17,19,23,27-28,31,42H,12,18,20-22,37H2,1-5H3,(H,38,45)(H,39,43)/t27-,28-,31-,36+/m0/s1. The van der Waals surface area contributed by atoms with Gasteiger partial charge in [-0.1, -0.05) is 80.6 Å². The summed E-state index contributed by atoms with van der Waals surface area (Å²) >= 11 is 0. The first kappa shape index (κ1) is 34.6. The van der Waals surface area contributed by atoms with E-state index in [0.29, 0.717) is 25.1 Å². The highest BCUT2D eigenvalue weighted by atomic mass is 16.5. The Balaban J connectivity index is 1.55. The molecule has 0 aliphatic carbocycles. The SMILES string of the molecule is CC(C)[C@@](N)(C(=O)COc1cccc2ccccc12)C(=O)N[C@@H](Cc1ccccc1)[C@H](O)C(=O)N1CCC[C@H]1C(=O)NC(C)(C)C. The van der Waals surface area contributed by atoms with Gasteiger partial charge in [0.2, 0.25) is 11.8 Å². The fourth-order valence-corrected chi connectivity index (χ4v) is 5.79. The third kappa shape index (κ3) is 7.92. The maximum Gasteiger partial charge on any atom is 0.254 e. The molecular weight excluding hydrogens is 584 g/mol. The topological polar surface area (TPSA) is 151 Å². The minimum atomic E-state index is -2.02. The van der Waals surface area contributed by atoms with Crippen LogP contribution in [0.1, 0.15) is 53.0 Å². The van der Waals surface area contributed by atoms with Crippen molar-refractivity contribution in [1.29, 1.82) is 0 Å². The molecule has 0 aromatic heterocycles. The number of rotatable bonds is 12. The molecule has 1 heterocycles. The summed E-state index contributed by atoms with van der Waals surface area (Å²) in [6.07, 6.45) is -0.562. The summed E-state index contributed by atoms with van der Waals surface area (Å²) in [5.41, 5.74) is 4.82. The van der Waals surface area contributed by atoms with E-state index in [1.807, 2.05) is 87.5 Å². The predicted molar refractivity (Wildman–Crippen MR) is 177 cm³/mol. The average molecular weight is 631 g/mol. The number of aliphatic hydroxyl groups is 1. The highest BCUT2D eigenvalue weighted by molar-refractivity contribution is 6.11. The molecule has 0 bridgehead atoms. The van der Waals surface area contributed by atoms with Gasteiger partial charge in [-0.25, -0.2) is 0 Å². The van der Waals surface area contributed by atoms with Crippen molar-refractivity contribution in [2.75, 3.05) is 13.2 Å². The molecule has 46 heavy (non-hydrogen) atoms. The number of Topliss-reactive ketones (excluding diaryl/α,β-unsaturated/α-hetero) is 1. The number of benzene rings is 3. The Morgan fingerprint density at radius 2 is 1.63 bits per heavy atom. The fraction of sp³-hybridized carbons (Fsp3) is 0.444. The largest absolute Gasteiger partial charge is 0.485 e. The maximum absolute atomic E-state index is 13.9. The predicted octanol–water partition coefficient (Wildman–Crippen LogP) is 3.14. The molecule has 3 aromatic rings. The molecule has 1 fully saturated rings. The zero-order chi connectivity index (χ0) is 33.6. The molecule has 0 spiro atoms. The normalized spacial score (nSPS) is 17.7. The van der Waals surface area contributed by atoms with Crippen molar-refractivity contribution in [2.24, 2.45) is 11.7 Å². The number of amides is 3. The lowest BCUT2D eigenvalue weighted by Crippen LogP contribution is -2.67. The summed E-state index contributed by atoms with van der Waals surface area (Å²) in [6, 6.07) is 20.3. The van der Waals surface area contributed by atoms with Crippen molar-refractivity contribution in [1.82, 2.24) is 15.5 Å². The number of likely N-dealkylation sites (tertiary alicyclic amines) is 1. The Bertz CT molecular complexity index is 1550. The molecule has 1 saturated heterocycles. The van der Waals surface area contributed by atoms with Gasteiger partial charge in [-0.05, 0) is 63.0 Å². The second-order valence-electron chi connectivity index (χ2n) is 13.4. The monoisotopic (exact) mass is 630 g/mol. The van der Waals surface area contributed by atoms with Crippen molar-refractivity contribution >= 4 is 34.3 Å². The van der Waals surface area contributed by atoms with Crippen LogP contribution >= 0.6 is 0 Å². The Morgan fingerprint density at radius 3 is 2.30 bits per heavy atom. The molecule has 1 aliphatic heterocycles. The van der Waals surface area contributed by atoms with E-state index in [1.165, 1.54) is 4.90 Å². The van der Waals surface area contributed by atoms with Crippen LogP contribution in [0.2, 0.25) is 0 Å². The van der Waals surface area contributed by atoms with Crippen molar-refractivity contribution in [3.05, 3.63) is 78.4 Å². The molecule has 0 saturated carbocycles. The summed E-state index contributed by atoms with van der Waals surface area (Å²) in [4.78, 5) is 55.7. The van der Waals surface area contributed by atoms with Gasteiger partial charge in [-0.15, -0.1) is 0 Å². The van der Waals surface area contributed by atoms with E-state index in [0.717, 1.165) is 16.3 Å². The fourth-order valence-electron chi connectivity index (χ4n) is 5.79. The van der Waals surface area contributed by atoms with Crippen LogP contribution in [0.5, 0.6) is 5.75 Å². The van der Waals surface area contributed by atoms with Gasteiger partial charge in [0.25, 0.3) is 5.91 Å². The summed E-state index contributed by atoms with van der Waals surface area (Å²) in [5, 5.41) is 18.9. The first-order valence-electron chi connectivity index (χ1n) is 15.8. The number of nitrogens with one attached hydrogen (secondary N) is 2. The van der Waals surface area contributed by atoms with Gasteiger partial charge in [-0.2, -0.15) is 0 Å². The minimum Gasteiger partial charge on any atom is -0.485 e. The molecular formula is C36H46N4O6. The Hall–Kier alpha value is -4.28. The Kier molecular flexibility index (Phi) is 10.9. The molecule has 246 valence electrons. The Labute approximate surface area is 270 Å². The summed E-state index contributed by atoms with van der Waals surface area (Å²) in [6.45, 7) is 8.72. The number of hydrogen-bond donors (Lipinski definition) is 4. The minimum absolute atomic E-state index is 0.0844. The smallest absolute Gasteiger partial charge is 0.254 e. The van der Waals surface area contributed by atoms with E-state index in [2.05, 4.69) is 10.6 Å². The molecule has 3 aromatic carbocycles. The van der Waals surface area contributed by atoms with E-state index >= 15 is 0 Å². The van der Waals surface area contributed by atoms with E-state index in [1.54, 1.807) is 19.9 Å². The summed E-state index contributed by atoms with van der Waals surface area (Å²) in [5.74, 6) is -2.62. The van der Waals surface area contributed by atoms with Gasteiger partial charge in [0.1, 0.15) is 18.4 Å². The molecule has 10 nitrogen and oxygen atoms in total. The second-order valence-corrected chi connectivity index (χ2v) is 13.4. The lowest BCUT2D eigenvalue weighted by Gasteiger charge is -2.35. The van der Waals surface area contributed by atoms with Crippen LogP contribution in [0, 0.1) is 5.92 Å². The molecule has 1 aliphatic rings. The highest BCUT2D eigenvalue weighted by Crippen LogP contribution is 2.26. The average Bonchev–Trinajstić information content (AvgIpc) is 3.52. The first-order valence-corrected chi connectivity index (χ1v) is 15.8. The number of carbonyl (C=O) groups excluding carboxylic acids is 4. The van der Waals surface area contributed by atoms with Gasteiger partial charge in [0.05, 0.1) is 6.04 Å². The molecule has 10 heteroatoms. The van der Waals surface area contributed by atoms with Crippen LogP contribution in [0.15, 0.2) is 72.8 Å². The number of aliphatic hydroxyl groups excluding tert-OH is 1. The Morgan fingerprint density at radius 1 is 0.978 bits per heavy atom. The van der Waals surface area contributed by atoms with Gasteiger partial charge >= 0.3 is 0 Å². The van der Waals surface area contributed by atoms with Gasteiger partial charge in [0, 0.05) is 17.5 Å². The lowest BCUT2D eigenvalue weighted by atomic mass is 9.82. The summed E-state index contributed by atoms with van der Waals surface area (Å²) < 4.78 is 5.89. The van der Waals surface area contributed by atoms with E-state index in [4.69, 9.17) is 10.5 Å². The van der Waals surface area contributed by atoms with Crippen molar-refractivity contribution in [3.63, 3.8) is 0 Å². The number of nitrogens with zero attached hydrogens (tertiary/aromatic N) is 1. The van der Waals surface area contributed by atoms with E-state index < -0.39 is 59.4 Å². The zero-order valence-corrected chi connectivity index (χ0v) is 27.3.